The lowest BCUT2D eigenvalue weighted by molar-refractivity contribution is -0.121. The summed E-state index contributed by atoms with van der Waals surface area (Å²) in [5.74, 6) is 1.06. The number of nitrogens with zero attached hydrogens (tertiary/aromatic N) is 2. The van der Waals surface area contributed by atoms with Gasteiger partial charge in [-0.1, -0.05) is 40.5 Å². The molecule has 0 bridgehead atoms. The van der Waals surface area contributed by atoms with Crippen molar-refractivity contribution in [2.45, 2.75) is 25.7 Å². The molecule has 1 amide bonds. The van der Waals surface area contributed by atoms with E-state index in [1.807, 2.05) is 36.4 Å². The molecule has 3 aromatic rings. The monoisotopic (exact) mass is 403 g/mol. The zero-order chi connectivity index (χ0) is 19.1. The second-order valence-electron chi connectivity index (χ2n) is 6.10. The predicted octanol–water partition coefficient (Wildman–Crippen LogP) is 4.73. The van der Waals surface area contributed by atoms with Gasteiger partial charge in [-0.2, -0.15) is 4.98 Å². The van der Waals surface area contributed by atoms with Crippen molar-refractivity contribution < 1.29 is 9.32 Å². The normalized spacial score (nSPS) is 10.7. The molecule has 140 valence electrons. The zero-order valence-corrected chi connectivity index (χ0v) is 16.1. The molecule has 7 heteroatoms. The Bertz CT molecular complexity index is 877. The fourth-order valence-electron chi connectivity index (χ4n) is 2.56. The van der Waals surface area contributed by atoms with Gasteiger partial charge in [-0.05, 0) is 54.8 Å². The fraction of sp³-hybridized carbons (Fsp3) is 0.250. The zero-order valence-electron chi connectivity index (χ0n) is 14.6. The van der Waals surface area contributed by atoms with Crippen LogP contribution in [0.3, 0.4) is 0 Å². The molecule has 3 rings (SSSR count). The first-order valence-electron chi connectivity index (χ1n) is 8.70. The van der Waals surface area contributed by atoms with Crippen LogP contribution in [0.1, 0.15) is 24.3 Å². The number of rotatable bonds is 8. The molecule has 0 unspecified atom stereocenters. The smallest absolute Gasteiger partial charge is 0.226 e. The molecular weight excluding hydrogens is 385 g/mol. The summed E-state index contributed by atoms with van der Waals surface area (Å²) < 4.78 is 5.24. The van der Waals surface area contributed by atoms with Gasteiger partial charge in [-0.25, -0.2) is 0 Å². The van der Waals surface area contributed by atoms with Crippen LogP contribution in [-0.2, 0) is 17.6 Å². The van der Waals surface area contributed by atoms with Crippen LogP contribution >= 0.6 is 23.2 Å². The Morgan fingerprint density at radius 1 is 0.963 bits per heavy atom. The molecule has 0 saturated heterocycles. The van der Waals surface area contributed by atoms with Gasteiger partial charge in [0.25, 0.3) is 0 Å². The molecule has 1 N–H and O–H groups in total. The van der Waals surface area contributed by atoms with Gasteiger partial charge in [-0.3, -0.25) is 4.79 Å². The minimum atomic E-state index is 0.0152. The molecule has 0 spiro atoms. The number of halogens is 2. The Kier molecular flexibility index (Phi) is 6.85. The van der Waals surface area contributed by atoms with E-state index in [1.54, 1.807) is 12.1 Å². The van der Waals surface area contributed by atoms with Gasteiger partial charge in [0.2, 0.25) is 17.6 Å². The standard InChI is InChI=1S/C20H19Cl2N3O2/c21-16-8-4-14(5-9-16)12-13-23-18(26)2-1-3-19-24-20(25-27-19)15-6-10-17(22)11-7-15/h4-11H,1-3,12-13H2,(H,23,26). The molecule has 0 aliphatic carbocycles. The van der Waals surface area contributed by atoms with Crippen LogP contribution in [0.2, 0.25) is 10.0 Å². The number of aryl methyl sites for hydroxylation is 1. The van der Waals surface area contributed by atoms with Crippen LogP contribution in [0.25, 0.3) is 11.4 Å². The molecule has 1 aromatic heterocycles. The van der Waals surface area contributed by atoms with Gasteiger partial charge in [0.15, 0.2) is 0 Å². The highest BCUT2D eigenvalue weighted by atomic mass is 35.5. The Labute approximate surface area is 167 Å². The summed E-state index contributed by atoms with van der Waals surface area (Å²) in [6, 6.07) is 14.9. The highest BCUT2D eigenvalue weighted by Gasteiger charge is 2.09. The quantitative estimate of drug-likeness (QED) is 0.590. The average molecular weight is 404 g/mol. The number of hydrogen-bond acceptors (Lipinski definition) is 4. The minimum Gasteiger partial charge on any atom is -0.356 e. The number of carbonyl (C=O) groups excluding carboxylic acids is 1. The van der Waals surface area contributed by atoms with Crippen molar-refractivity contribution in [3.05, 3.63) is 70.0 Å². The van der Waals surface area contributed by atoms with Gasteiger partial charge >= 0.3 is 0 Å². The number of aromatic nitrogens is 2. The maximum absolute atomic E-state index is 11.9. The van der Waals surface area contributed by atoms with E-state index in [2.05, 4.69) is 15.5 Å². The molecule has 0 saturated carbocycles. The molecule has 2 aromatic carbocycles. The summed E-state index contributed by atoms with van der Waals surface area (Å²) in [4.78, 5) is 16.3. The van der Waals surface area contributed by atoms with E-state index in [-0.39, 0.29) is 5.91 Å². The van der Waals surface area contributed by atoms with Gasteiger partial charge in [0, 0.05) is 35.0 Å². The van der Waals surface area contributed by atoms with Gasteiger partial charge in [0.05, 0.1) is 0 Å². The summed E-state index contributed by atoms with van der Waals surface area (Å²) in [7, 11) is 0. The largest absolute Gasteiger partial charge is 0.356 e. The van der Waals surface area contributed by atoms with Crippen LogP contribution in [0.5, 0.6) is 0 Å². The first-order valence-corrected chi connectivity index (χ1v) is 9.45. The fourth-order valence-corrected chi connectivity index (χ4v) is 2.81. The first-order chi connectivity index (χ1) is 13.1. The summed E-state index contributed by atoms with van der Waals surface area (Å²) in [5.41, 5.74) is 1.98. The van der Waals surface area contributed by atoms with Crippen molar-refractivity contribution in [3.63, 3.8) is 0 Å². The lowest BCUT2D eigenvalue weighted by Crippen LogP contribution is -2.25. The third-order valence-electron chi connectivity index (χ3n) is 4.01. The number of carbonyl (C=O) groups is 1. The molecule has 1 heterocycles. The minimum absolute atomic E-state index is 0.0152. The van der Waals surface area contributed by atoms with E-state index in [4.69, 9.17) is 27.7 Å². The van der Waals surface area contributed by atoms with Crippen LogP contribution in [-0.4, -0.2) is 22.6 Å². The highest BCUT2D eigenvalue weighted by molar-refractivity contribution is 6.30. The van der Waals surface area contributed by atoms with Crippen molar-refractivity contribution >= 4 is 29.1 Å². The maximum atomic E-state index is 11.9. The van der Waals surface area contributed by atoms with E-state index in [1.165, 1.54) is 0 Å². The van der Waals surface area contributed by atoms with E-state index in [0.717, 1.165) is 17.5 Å². The van der Waals surface area contributed by atoms with Crippen LogP contribution in [0.15, 0.2) is 53.1 Å². The maximum Gasteiger partial charge on any atom is 0.226 e. The summed E-state index contributed by atoms with van der Waals surface area (Å²) in [6.07, 6.45) is 2.40. The molecule has 0 aliphatic heterocycles. The second kappa shape index (κ2) is 9.53. The lowest BCUT2D eigenvalue weighted by atomic mass is 10.1. The Morgan fingerprint density at radius 2 is 1.63 bits per heavy atom. The molecule has 0 atom stereocenters. The Balaban J connectivity index is 1.37. The SMILES string of the molecule is O=C(CCCc1nc(-c2ccc(Cl)cc2)no1)NCCc1ccc(Cl)cc1. The Hall–Kier alpha value is -2.37. The summed E-state index contributed by atoms with van der Waals surface area (Å²) >= 11 is 11.7. The van der Waals surface area contributed by atoms with Gasteiger partial charge < -0.3 is 9.84 Å². The van der Waals surface area contributed by atoms with Crippen LogP contribution in [0.4, 0.5) is 0 Å². The van der Waals surface area contributed by atoms with Gasteiger partial charge in [-0.15, -0.1) is 0 Å². The van der Waals surface area contributed by atoms with Crippen LogP contribution in [0, 0.1) is 0 Å². The molecular formula is C20H19Cl2N3O2. The number of benzene rings is 2. The van der Waals surface area contributed by atoms with Crippen molar-refractivity contribution in [2.24, 2.45) is 0 Å². The van der Waals surface area contributed by atoms with E-state index in [0.29, 0.717) is 47.6 Å². The molecule has 5 nitrogen and oxygen atoms in total. The van der Waals surface area contributed by atoms with E-state index >= 15 is 0 Å². The molecule has 0 aliphatic rings. The topological polar surface area (TPSA) is 68.0 Å². The number of hydrogen-bond donors (Lipinski definition) is 1. The summed E-state index contributed by atoms with van der Waals surface area (Å²) in [5, 5.41) is 8.25. The van der Waals surface area contributed by atoms with Crippen LogP contribution < -0.4 is 5.32 Å². The number of nitrogens with one attached hydrogen (secondary N) is 1. The average Bonchev–Trinajstić information content (AvgIpc) is 3.13. The van der Waals surface area contributed by atoms with Gasteiger partial charge in [0.1, 0.15) is 0 Å². The summed E-state index contributed by atoms with van der Waals surface area (Å²) in [6.45, 7) is 0.599. The predicted molar refractivity (Wildman–Crippen MR) is 106 cm³/mol. The number of amides is 1. The van der Waals surface area contributed by atoms with Crippen molar-refractivity contribution in [1.82, 2.24) is 15.5 Å². The highest BCUT2D eigenvalue weighted by Crippen LogP contribution is 2.19. The van der Waals surface area contributed by atoms with Crippen molar-refractivity contribution in [2.75, 3.05) is 6.54 Å². The first kappa shape index (κ1) is 19.4. The third kappa shape index (κ3) is 6.08. The van der Waals surface area contributed by atoms with E-state index in [9.17, 15) is 4.79 Å². The molecule has 0 fully saturated rings. The van der Waals surface area contributed by atoms with Crippen molar-refractivity contribution in [3.8, 4) is 11.4 Å². The lowest BCUT2D eigenvalue weighted by Gasteiger charge is -2.05. The molecule has 27 heavy (non-hydrogen) atoms. The van der Waals surface area contributed by atoms with E-state index < -0.39 is 0 Å². The van der Waals surface area contributed by atoms with Crippen molar-refractivity contribution in [1.29, 1.82) is 0 Å². The third-order valence-corrected chi connectivity index (χ3v) is 4.52. The molecule has 0 radical (unpaired) electrons. The Morgan fingerprint density at radius 3 is 2.33 bits per heavy atom. The second-order valence-corrected chi connectivity index (χ2v) is 6.97.